The second-order valence-corrected chi connectivity index (χ2v) is 7.85. The monoisotopic (exact) mass is 292 g/mol. The van der Waals surface area contributed by atoms with E-state index in [4.69, 9.17) is 5.11 Å². The number of carbonyl (C=O) groups is 1. The summed E-state index contributed by atoms with van der Waals surface area (Å²) in [6.45, 7) is 1.27. The molecule has 8 heteroatoms. The Labute approximate surface area is 105 Å². The summed E-state index contributed by atoms with van der Waals surface area (Å²) < 4.78 is 46.3. The maximum absolute atomic E-state index is 11.6. The normalized spacial score (nSPS) is 12.4. The van der Waals surface area contributed by atoms with Gasteiger partial charge in [0.15, 0.2) is 19.7 Å². The van der Waals surface area contributed by atoms with E-state index in [1.54, 1.807) is 0 Å². The van der Waals surface area contributed by atoms with Crippen molar-refractivity contribution in [2.45, 2.75) is 16.7 Å². The Bertz CT molecular complexity index is 713. The van der Waals surface area contributed by atoms with Gasteiger partial charge < -0.3 is 5.11 Å². The van der Waals surface area contributed by atoms with Gasteiger partial charge in [-0.25, -0.2) is 21.6 Å². The van der Waals surface area contributed by atoms with Crippen molar-refractivity contribution in [3.63, 3.8) is 0 Å². The van der Waals surface area contributed by atoms with E-state index in [2.05, 4.69) is 0 Å². The first-order valence-corrected chi connectivity index (χ1v) is 8.51. The Morgan fingerprint density at radius 2 is 1.56 bits per heavy atom. The molecule has 0 fully saturated rings. The fourth-order valence-corrected chi connectivity index (χ4v) is 4.46. The third-order valence-corrected chi connectivity index (χ3v) is 4.91. The van der Waals surface area contributed by atoms with E-state index in [1.165, 1.54) is 6.92 Å². The predicted octanol–water partition coefficient (Wildman–Crippen LogP) is 0.500. The molecule has 0 atom stereocenters. The molecule has 18 heavy (non-hydrogen) atoms. The van der Waals surface area contributed by atoms with Gasteiger partial charge in [-0.2, -0.15) is 0 Å². The van der Waals surface area contributed by atoms with E-state index in [1.807, 2.05) is 0 Å². The molecule has 0 heterocycles. The molecular formula is C10H12O6S2. The van der Waals surface area contributed by atoms with Crippen LogP contribution < -0.4 is 0 Å². The largest absolute Gasteiger partial charge is 0.478 e. The van der Waals surface area contributed by atoms with Crippen LogP contribution in [0.25, 0.3) is 0 Å². The van der Waals surface area contributed by atoms with E-state index in [0.717, 1.165) is 24.6 Å². The van der Waals surface area contributed by atoms with Crippen molar-refractivity contribution < 1.29 is 26.7 Å². The number of carboxylic acid groups (broad SMARTS) is 1. The summed E-state index contributed by atoms with van der Waals surface area (Å²) in [6, 6.07) is 2.09. The van der Waals surface area contributed by atoms with Crippen LogP contribution in [0, 0.1) is 6.92 Å². The first-order chi connectivity index (χ1) is 7.96. The van der Waals surface area contributed by atoms with Gasteiger partial charge in [-0.1, -0.05) is 0 Å². The maximum Gasteiger partial charge on any atom is 0.335 e. The molecule has 0 aliphatic heterocycles. The lowest BCUT2D eigenvalue weighted by Crippen LogP contribution is -2.13. The molecule has 0 bridgehead atoms. The minimum atomic E-state index is -3.85. The number of rotatable bonds is 3. The molecule has 0 aliphatic carbocycles. The Hall–Kier alpha value is -1.41. The summed E-state index contributed by atoms with van der Waals surface area (Å²) in [6.07, 6.45) is 1.71. The smallest absolute Gasteiger partial charge is 0.335 e. The van der Waals surface area contributed by atoms with Gasteiger partial charge in [0.1, 0.15) is 0 Å². The lowest BCUT2D eigenvalue weighted by atomic mass is 10.1. The SMILES string of the molecule is Cc1c(C(=O)O)ccc(S(C)(=O)=O)c1S(C)(=O)=O. The summed E-state index contributed by atoms with van der Waals surface area (Å²) >= 11 is 0. The van der Waals surface area contributed by atoms with Crippen LogP contribution in [0.2, 0.25) is 0 Å². The van der Waals surface area contributed by atoms with Gasteiger partial charge in [0.05, 0.1) is 15.4 Å². The van der Waals surface area contributed by atoms with Gasteiger partial charge in [-0.15, -0.1) is 0 Å². The van der Waals surface area contributed by atoms with Gasteiger partial charge in [0.2, 0.25) is 0 Å². The van der Waals surface area contributed by atoms with Crippen molar-refractivity contribution in [1.82, 2.24) is 0 Å². The van der Waals surface area contributed by atoms with Crippen LogP contribution >= 0.6 is 0 Å². The van der Waals surface area contributed by atoms with Crippen molar-refractivity contribution in [3.05, 3.63) is 23.3 Å². The molecule has 1 aromatic rings. The molecule has 6 nitrogen and oxygen atoms in total. The van der Waals surface area contributed by atoms with Crippen LogP contribution in [0.1, 0.15) is 15.9 Å². The number of benzene rings is 1. The third-order valence-electron chi connectivity index (χ3n) is 2.37. The number of carboxylic acids is 1. The Morgan fingerprint density at radius 3 is 1.89 bits per heavy atom. The minimum absolute atomic E-state index is 0.0760. The topological polar surface area (TPSA) is 106 Å². The molecule has 0 aromatic heterocycles. The fraction of sp³-hybridized carbons (Fsp3) is 0.300. The van der Waals surface area contributed by atoms with Crippen molar-refractivity contribution in [2.24, 2.45) is 0 Å². The molecule has 0 aliphatic rings. The molecule has 1 rings (SSSR count). The molecule has 1 N–H and O–H groups in total. The summed E-state index contributed by atoms with van der Waals surface area (Å²) in [4.78, 5) is 10.1. The van der Waals surface area contributed by atoms with Gasteiger partial charge in [0, 0.05) is 12.5 Å². The lowest BCUT2D eigenvalue weighted by molar-refractivity contribution is 0.0695. The minimum Gasteiger partial charge on any atom is -0.478 e. The second-order valence-electron chi connectivity index (χ2n) is 3.91. The van der Waals surface area contributed by atoms with Gasteiger partial charge in [-0.3, -0.25) is 0 Å². The van der Waals surface area contributed by atoms with E-state index < -0.39 is 30.5 Å². The number of hydrogen-bond acceptors (Lipinski definition) is 5. The Balaban J connectivity index is 3.92. The first-order valence-electron chi connectivity index (χ1n) is 4.73. The van der Waals surface area contributed by atoms with Crippen molar-refractivity contribution in [1.29, 1.82) is 0 Å². The molecule has 100 valence electrons. The first kappa shape index (κ1) is 14.7. The Kier molecular flexibility index (Phi) is 3.55. The van der Waals surface area contributed by atoms with Gasteiger partial charge in [0.25, 0.3) is 0 Å². The molecule has 0 amide bonds. The molecule has 0 unspecified atom stereocenters. The zero-order chi connectivity index (χ0) is 14.3. The zero-order valence-corrected chi connectivity index (χ0v) is 11.6. The summed E-state index contributed by atoms with van der Waals surface area (Å²) in [5, 5.41) is 8.91. The van der Waals surface area contributed by atoms with Gasteiger partial charge in [-0.05, 0) is 24.6 Å². The van der Waals surface area contributed by atoms with Crippen molar-refractivity contribution in [2.75, 3.05) is 12.5 Å². The van der Waals surface area contributed by atoms with Crippen LogP contribution in [0.3, 0.4) is 0 Å². The number of sulfone groups is 2. The van der Waals surface area contributed by atoms with Crippen molar-refractivity contribution >= 4 is 25.6 Å². The summed E-state index contributed by atoms with van der Waals surface area (Å²) in [5.41, 5.74) is -0.309. The highest BCUT2D eigenvalue weighted by Crippen LogP contribution is 2.27. The Morgan fingerprint density at radius 1 is 1.06 bits per heavy atom. The van der Waals surface area contributed by atoms with E-state index >= 15 is 0 Å². The van der Waals surface area contributed by atoms with Crippen LogP contribution in [-0.4, -0.2) is 40.4 Å². The van der Waals surface area contributed by atoms with Crippen LogP contribution in [0.15, 0.2) is 21.9 Å². The van der Waals surface area contributed by atoms with E-state index in [9.17, 15) is 21.6 Å². The standard InChI is InChI=1S/C10H12O6S2/c1-6-7(10(11)12)4-5-8(17(2,13)14)9(6)18(3,15)16/h4-5H,1-3H3,(H,11,12). The highest BCUT2D eigenvalue weighted by molar-refractivity contribution is 7.93. The molecule has 0 saturated heterocycles. The summed E-state index contributed by atoms with van der Waals surface area (Å²) in [7, 11) is -7.60. The number of aromatic carboxylic acids is 1. The second kappa shape index (κ2) is 4.36. The van der Waals surface area contributed by atoms with Crippen LogP contribution in [0.4, 0.5) is 0 Å². The maximum atomic E-state index is 11.6. The molecule has 0 radical (unpaired) electrons. The van der Waals surface area contributed by atoms with E-state index in [0.29, 0.717) is 0 Å². The average molecular weight is 292 g/mol. The highest BCUT2D eigenvalue weighted by atomic mass is 32.2. The quantitative estimate of drug-likeness (QED) is 0.869. The fourth-order valence-electron chi connectivity index (χ4n) is 1.65. The molecule has 0 saturated carbocycles. The van der Waals surface area contributed by atoms with Crippen molar-refractivity contribution in [3.8, 4) is 0 Å². The average Bonchev–Trinajstić information content (AvgIpc) is 2.12. The van der Waals surface area contributed by atoms with E-state index in [-0.39, 0.29) is 16.0 Å². The number of hydrogen-bond donors (Lipinski definition) is 1. The summed E-state index contributed by atoms with van der Waals surface area (Å²) in [5.74, 6) is -1.31. The molecule has 1 aromatic carbocycles. The highest BCUT2D eigenvalue weighted by Gasteiger charge is 2.26. The van der Waals surface area contributed by atoms with Crippen LogP contribution in [0.5, 0.6) is 0 Å². The third kappa shape index (κ3) is 2.70. The lowest BCUT2D eigenvalue weighted by Gasteiger charge is -2.11. The van der Waals surface area contributed by atoms with Gasteiger partial charge >= 0.3 is 5.97 Å². The predicted molar refractivity (Wildman–Crippen MR) is 64.4 cm³/mol. The molecule has 0 spiro atoms. The zero-order valence-electron chi connectivity index (χ0n) is 9.96. The van der Waals surface area contributed by atoms with Crippen LogP contribution in [-0.2, 0) is 19.7 Å². The molecular weight excluding hydrogens is 280 g/mol.